The summed E-state index contributed by atoms with van der Waals surface area (Å²) >= 11 is 0. The molecule has 0 aromatic carbocycles. The van der Waals surface area contributed by atoms with Gasteiger partial charge in [0.25, 0.3) is 0 Å². The molecule has 272 valence electrons. The molecule has 0 bridgehead atoms. The van der Waals surface area contributed by atoms with Crippen LogP contribution in [0.1, 0.15) is 0 Å². The highest BCUT2D eigenvalue weighted by Gasteiger charge is 2.51. The lowest BCUT2D eigenvalue weighted by Crippen LogP contribution is -2.66. The zero-order chi connectivity index (χ0) is 34.6. The van der Waals surface area contributed by atoms with E-state index in [1.807, 2.05) is 0 Å². The second-order valence-electron chi connectivity index (χ2n) is 11.1. The van der Waals surface area contributed by atoms with Gasteiger partial charge in [0.05, 0.1) is 32.5 Å². The number of nitrogens with two attached hydrogens (primary N) is 1. The summed E-state index contributed by atoms with van der Waals surface area (Å²) in [7, 11) is 0. The third kappa shape index (κ3) is 8.45. The Morgan fingerprint density at radius 3 is 1.15 bits per heavy atom. The highest BCUT2D eigenvalue weighted by molar-refractivity contribution is 4.96. The van der Waals surface area contributed by atoms with Crippen LogP contribution in [0.5, 0.6) is 0 Å². The molecule has 0 aliphatic carbocycles. The maximum absolute atomic E-state index is 10.1. The molecule has 4 saturated heterocycles. The number of aliphatic hydroxyl groups excluding tert-OH is 15. The average molecular weight is 684 g/mol. The molecule has 4 aliphatic rings. The summed E-state index contributed by atoms with van der Waals surface area (Å²) in [5.74, 6) is 0. The molecule has 4 heterocycles. The Morgan fingerprint density at radius 1 is 0.391 bits per heavy atom. The van der Waals surface area contributed by atoms with E-state index < -0.39 is 149 Å². The van der Waals surface area contributed by atoms with Gasteiger partial charge in [-0.1, -0.05) is 0 Å². The summed E-state index contributed by atoms with van der Waals surface area (Å²) in [5.41, 5.74) is 5.55. The molecule has 0 radical (unpaired) electrons. The first kappa shape index (κ1) is 39.6. The molecule has 0 aromatic rings. The lowest BCUT2D eigenvalue weighted by atomic mass is 9.96. The summed E-state index contributed by atoms with van der Waals surface area (Å²) in [5, 5.41) is 144. The maximum Gasteiger partial charge on any atom is 0.187 e. The lowest BCUT2D eigenvalue weighted by molar-refractivity contribution is -0.355. The van der Waals surface area contributed by atoms with E-state index in [0.717, 1.165) is 0 Å². The van der Waals surface area contributed by atoms with Gasteiger partial charge in [0.2, 0.25) is 0 Å². The quantitative estimate of drug-likeness (QED) is 0.113. The van der Waals surface area contributed by atoms with E-state index >= 15 is 0 Å². The molecule has 22 heteroatoms. The molecule has 4 rings (SSSR count). The Hall–Kier alpha value is -0.880. The maximum atomic E-state index is 10.1. The van der Waals surface area contributed by atoms with E-state index in [0.29, 0.717) is 0 Å². The Labute approximate surface area is 260 Å². The van der Waals surface area contributed by atoms with Gasteiger partial charge in [0.1, 0.15) is 91.6 Å². The van der Waals surface area contributed by atoms with Crippen molar-refractivity contribution in [3.63, 3.8) is 0 Å². The SMILES string of the molecule is N[C@H]1C(O)O[C@H](CO)[C@@H](O[C@@H]2O[C@H](CO)[C@H](O)[C@H](O)[C@H]2O)[C@@H]1O.OC[C@H]1O[C@@H](O[C@H]2[C@H](O)[C@@H](O)C(O)O[C@@H]2CO)[C@H](O)[C@@H](O)[C@H]1O. The zero-order valence-corrected chi connectivity index (χ0v) is 24.1. The molecular weight excluding hydrogens is 638 g/mol. The minimum Gasteiger partial charge on any atom is -0.394 e. The molecule has 0 saturated carbocycles. The smallest absolute Gasteiger partial charge is 0.187 e. The second-order valence-corrected chi connectivity index (χ2v) is 11.1. The van der Waals surface area contributed by atoms with Gasteiger partial charge >= 0.3 is 0 Å². The minimum atomic E-state index is -1.74. The second kappa shape index (κ2) is 17.2. The molecule has 22 nitrogen and oxygen atoms in total. The van der Waals surface area contributed by atoms with Gasteiger partial charge in [-0.3, -0.25) is 0 Å². The van der Waals surface area contributed by atoms with Crippen LogP contribution in [0.2, 0.25) is 0 Å². The van der Waals surface area contributed by atoms with Crippen molar-refractivity contribution in [2.45, 2.75) is 123 Å². The van der Waals surface area contributed by atoms with E-state index in [2.05, 4.69) is 0 Å². The largest absolute Gasteiger partial charge is 0.394 e. The molecule has 20 atom stereocenters. The van der Waals surface area contributed by atoms with Crippen LogP contribution in [-0.2, 0) is 28.4 Å². The minimum absolute atomic E-state index is 0.622. The predicted octanol–water partition coefficient (Wildman–Crippen LogP) is -10.8. The molecule has 0 amide bonds. The lowest BCUT2D eigenvalue weighted by Gasteiger charge is -2.45. The molecule has 0 spiro atoms. The van der Waals surface area contributed by atoms with Crippen LogP contribution in [0.4, 0.5) is 0 Å². The van der Waals surface area contributed by atoms with Gasteiger partial charge in [-0.25, -0.2) is 0 Å². The van der Waals surface area contributed by atoms with Crippen molar-refractivity contribution in [1.82, 2.24) is 0 Å². The van der Waals surface area contributed by atoms with Crippen LogP contribution >= 0.6 is 0 Å². The van der Waals surface area contributed by atoms with Crippen LogP contribution < -0.4 is 5.73 Å². The van der Waals surface area contributed by atoms with Crippen molar-refractivity contribution >= 4 is 0 Å². The summed E-state index contributed by atoms with van der Waals surface area (Å²) in [4.78, 5) is 0. The van der Waals surface area contributed by atoms with Crippen molar-refractivity contribution in [2.24, 2.45) is 5.73 Å². The molecule has 0 aromatic heterocycles. The summed E-state index contributed by atoms with van der Waals surface area (Å²) in [6.07, 6.45) is -28.6. The van der Waals surface area contributed by atoms with Crippen molar-refractivity contribution in [3.05, 3.63) is 0 Å². The monoisotopic (exact) mass is 683 g/mol. The van der Waals surface area contributed by atoms with Gasteiger partial charge in [-0.15, -0.1) is 0 Å². The number of rotatable bonds is 8. The van der Waals surface area contributed by atoms with Crippen LogP contribution in [0.25, 0.3) is 0 Å². The highest BCUT2D eigenvalue weighted by Crippen LogP contribution is 2.30. The van der Waals surface area contributed by atoms with Crippen LogP contribution in [0, 0.1) is 0 Å². The predicted molar refractivity (Wildman–Crippen MR) is 139 cm³/mol. The Balaban J connectivity index is 0.000000250. The number of hydrogen-bond donors (Lipinski definition) is 16. The topological polar surface area (TPSA) is 385 Å². The fraction of sp³-hybridized carbons (Fsp3) is 1.00. The van der Waals surface area contributed by atoms with Crippen LogP contribution in [-0.4, -0.2) is 226 Å². The number of aliphatic hydroxyl groups is 15. The average Bonchev–Trinajstić information content (AvgIpc) is 3.05. The normalized spacial score (nSPS) is 51.7. The molecule has 4 fully saturated rings. The standard InChI is InChI=1S/C12H23NO10.C12H22O11/c13-5-7(17)10(4(2-15)21-11(5)20)23-12-9(19)8(18)6(16)3(1-14)22-12;13-1-3-5(15)6(16)9(19)12(22-3)23-10-4(2-14)21-11(20)8(18)7(10)17/h3-12,14-20H,1-2,13H2;3-20H,1-2H2/t3-,4-,5-,6+,7-,8+,9-,10-,11?,12+;3-,4-,5+,6+,7-,8-,9-,10-,11?,12+/m11/s1. The molecule has 2 unspecified atom stereocenters. The van der Waals surface area contributed by atoms with Crippen LogP contribution in [0.15, 0.2) is 0 Å². The van der Waals surface area contributed by atoms with Crippen molar-refractivity contribution in [2.75, 3.05) is 26.4 Å². The van der Waals surface area contributed by atoms with Gasteiger partial charge in [0, 0.05) is 0 Å². The highest BCUT2D eigenvalue weighted by atomic mass is 16.7. The van der Waals surface area contributed by atoms with E-state index in [9.17, 15) is 66.4 Å². The van der Waals surface area contributed by atoms with Gasteiger partial charge in [-0.05, 0) is 0 Å². The molecule has 17 N–H and O–H groups in total. The first-order chi connectivity index (χ1) is 21.6. The van der Waals surface area contributed by atoms with Crippen molar-refractivity contribution < 1.29 is 105 Å². The zero-order valence-electron chi connectivity index (χ0n) is 24.1. The van der Waals surface area contributed by atoms with Crippen molar-refractivity contribution in [3.8, 4) is 0 Å². The fourth-order valence-electron chi connectivity index (χ4n) is 5.17. The first-order valence-corrected chi connectivity index (χ1v) is 14.2. The van der Waals surface area contributed by atoms with E-state index in [4.69, 9.17) is 44.4 Å². The Morgan fingerprint density at radius 2 is 0.761 bits per heavy atom. The van der Waals surface area contributed by atoms with Gasteiger partial charge in [-0.2, -0.15) is 0 Å². The summed E-state index contributed by atoms with van der Waals surface area (Å²) in [6, 6.07) is -1.23. The summed E-state index contributed by atoms with van der Waals surface area (Å²) < 4.78 is 30.8. The van der Waals surface area contributed by atoms with Gasteiger partial charge in [0.15, 0.2) is 25.2 Å². The Bertz CT molecular complexity index is 832. The van der Waals surface area contributed by atoms with Crippen LogP contribution in [0.3, 0.4) is 0 Å². The third-order valence-corrected chi connectivity index (χ3v) is 8.04. The van der Waals surface area contributed by atoms with Crippen molar-refractivity contribution in [1.29, 1.82) is 0 Å². The first-order valence-electron chi connectivity index (χ1n) is 14.2. The molecular formula is C24H45NO21. The van der Waals surface area contributed by atoms with E-state index in [1.54, 1.807) is 0 Å². The molecule has 4 aliphatic heterocycles. The van der Waals surface area contributed by atoms with E-state index in [-0.39, 0.29) is 0 Å². The Kier molecular flexibility index (Phi) is 14.8. The third-order valence-electron chi connectivity index (χ3n) is 8.04. The van der Waals surface area contributed by atoms with Gasteiger partial charge < -0.3 is 111 Å². The number of hydrogen-bond acceptors (Lipinski definition) is 22. The fourth-order valence-corrected chi connectivity index (χ4v) is 5.17. The number of ether oxygens (including phenoxy) is 6. The van der Waals surface area contributed by atoms with E-state index in [1.165, 1.54) is 0 Å². The molecule has 46 heavy (non-hydrogen) atoms. The summed E-state index contributed by atoms with van der Waals surface area (Å²) in [6.45, 7) is -2.61.